The van der Waals surface area contributed by atoms with Crippen molar-refractivity contribution in [1.82, 2.24) is 4.90 Å². The van der Waals surface area contributed by atoms with Gasteiger partial charge in [0.2, 0.25) is 11.7 Å². The van der Waals surface area contributed by atoms with Gasteiger partial charge in [0.1, 0.15) is 22.9 Å². The number of hydrogen-bond donors (Lipinski definition) is 7. The molecule has 13 heteroatoms. The average molecular weight is 581 g/mol. The molecule has 1 fully saturated rings. The molecule has 42 heavy (non-hydrogen) atoms. The van der Waals surface area contributed by atoms with Crippen LogP contribution >= 0.6 is 0 Å². The van der Waals surface area contributed by atoms with Crippen LogP contribution in [0.2, 0.25) is 0 Å². The van der Waals surface area contributed by atoms with Crippen LogP contribution in [-0.2, 0) is 25.6 Å². The maximum Gasteiger partial charge on any atom is 0.255 e. The lowest BCUT2D eigenvalue weighted by molar-refractivity contribution is -0.153. The summed E-state index contributed by atoms with van der Waals surface area (Å²) in [4.78, 5) is 53.0. The molecule has 3 aliphatic rings. The Kier molecular flexibility index (Phi) is 7.03. The Morgan fingerprint density at radius 3 is 2.43 bits per heavy atom. The molecule has 1 saturated carbocycles. The third-order valence-electron chi connectivity index (χ3n) is 8.17. The number of primary amides is 1. The summed E-state index contributed by atoms with van der Waals surface area (Å²) in [6.07, 6.45) is -0.382. The minimum atomic E-state index is -2.81. The second-order valence-electron chi connectivity index (χ2n) is 10.8. The first-order valence-corrected chi connectivity index (χ1v) is 13.1. The van der Waals surface area contributed by atoms with Crippen molar-refractivity contribution in [3.05, 3.63) is 70.2 Å². The molecule has 0 radical (unpaired) electrons. The van der Waals surface area contributed by atoms with Gasteiger partial charge in [0.15, 0.2) is 17.1 Å². The number of aliphatic hydroxyl groups is 3. The fourth-order valence-electron chi connectivity index (χ4n) is 6.29. The third kappa shape index (κ3) is 4.28. The van der Waals surface area contributed by atoms with Crippen molar-refractivity contribution in [3.8, 4) is 5.75 Å². The van der Waals surface area contributed by atoms with Gasteiger partial charge in [-0.15, -0.1) is 0 Å². The number of rotatable bonds is 6. The molecule has 0 spiro atoms. The van der Waals surface area contributed by atoms with Crippen LogP contribution in [0.5, 0.6) is 5.75 Å². The van der Waals surface area contributed by atoms with E-state index in [4.69, 9.17) is 5.73 Å². The van der Waals surface area contributed by atoms with E-state index in [9.17, 15) is 39.6 Å². The Balaban J connectivity index is 1.55. The van der Waals surface area contributed by atoms with Crippen molar-refractivity contribution in [1.29, 1.82) is 0 Å². The average Bonchev–Trinajstić information content (AvgIpc) is 2.92. The highest BCUT2D eigenvalue weighted by Gasteiger charge is 2.64. The van der Waals surface area contributed by atoms with Gasteiger partial charge in [-0.2, -0.15) is 0 Å². The van der Waals surface area contributed by atoms with Crippen LogP contribution in [0.25, 0.3) is 5.76 Å². The van der Waals surface area contributed by atoms with Crippen molar-refractivity contribution >= 4 is 40.5 Å². The van der Waals surface area contributed by atoms with E-state index in [0.717, 1.165) is 6.07 Å². The van der Waals surface area contributed by atoms with E-state index in [-0.39, 0.29) is 30.6 Å². The smallest absolute Gasteiger partial charge is 0.255 e. The summed E-state index contributed by atoms with van der Waals surface area (Å²) in [5.74, 6) is -9.96. The zero-order valence-corrected chi connectivity index (χ0v) is 22.6. The van der Waals surface area contributed by atoms with Crippen LogP contribution in [0.15, 0.2) is 53.3 Å². The SMILES string of the molecule is CN(C)[C@@H]1C(=O)C(C(N)=O)=C(O)[C@@]2(O)C(=O)C3=C(O)c4c(O)c(NC(=O)CNc5ccccc5)cc(F)c4C[C@H]3C[C@@H]12. The molecule has 3 aliphatic carbocycles. The molecule has 0 unspecified atom stereocenters. The van der Waals surface area contributed by atoms with Gasteiger partial charge in [0, 0.05) is 28.8 Å². The highest BCUT2D eigenvalue weighted by Crippen LogP contribution is 2.53. The van der Waals surface area contributed by atoms with Crippen molar-refractivity contribution in [2.45, 2.75) is 24.5 Å². The summed E-state index contributed by atoms with van der Waals surface area (Å²) in [5, 5.41) is 50.1. The fraction of sp³-hybridized carbons (Fsp3) is 0.310. The van der Waals surface area contributed by atoms with Crippen LogP contribution in [0, 0.1) is 17.7 Å². The molecule has 5 rings (SSSR count). The van der Waals surface area contributed by atoms with Crippen molar-refractivity contribution < 1.29 is 44.0 Å². The first-order chi connectivity index (χ1) is 19.8. The van der Waals surface area contributed by atoms with E-state index in [1.807, 2.05) is 0 Å². The normalized spacial score (nSPS) is 25.1. The molecular formula is C29H29FN4O8. The van der Waals surface area contributed by atoms with Crippen LogP contribution < -0.4 is 16.4 Å². The topological polar surface area (TPSA) is 203 Å². The number of phenolic OH excluding ortho intramolecular Hbond substituents is 1. The third-order valence-corrected chi connectivity index (χ3v) is 8.17. The zero-order chi connectivity index (χ0) is 30.7. The number of ketones is 2. The number of likely N-dealkylation sites (N-methyl/N-ethyl adjacent to an activating group) is 1. The minimum Gasteiger partial charge on any atom is -0.508 e. The van der Waals surface area contributed by atoms with Crippen molar-refractivity contribution in [3.63, 3.8) is 0 Å². The van der Waals surface area contributed by atoms with E-state index >= 15 is 4.39 Å². The predicted octanol–water partition coefficient (Wildman–Crippen LogP) is 1.15. The van der Waals surface area contributed by atoms with Crippen molar-refractivity contribution in [2.75, 3.05) is 31.3 Å². The molecule has 2 amide bonds. The summed E-state index contributed by atoms with van der Waals surface area (Å²) >= 11 is 0. The van der Waals surface area contributed by atoms with E-state index in [2.05, 4.69) is 10.6 Å². The van der Waals surface area contributed by atoms with Gasteiger partial charge >= 0.3 is 0 Å². The van der Waals surface area contributed by atoms with Gasteiger partial charge in [-0.3, -0.25) is 24.1 Å². The first kappa shape index (κ1) is 28.8. The maximum atomic E-state index is 15.4. The molecule has 4 atom stereocenters. The number of aliphatic hydroxyl groups excluding tert-OH is 2. The predicted molar refractivity (Wildman–Crippen MR) is 148 cm³/mol. The molecule has 0 bridgehead atoms. The Hall–Kier alpha value is -4.75. The molecular weight excluding hydrogens is 551 g/mol. The number of anilines is 2. The molecule has 0 heterocycles. The second kappa shape index (κ2) is 10.3. The van der Waals surface area contributed by atoms with Gasteiger partial charge in [-0.25, -0.2) is 4.39 Å². The number of hydrogen-bond acceptors (Lipinski definition) is 10. The molecule has 2 aromatic carbocycles. The van der Waals surface area contributed by atoms with Crippen LogP contribution in [0.3, 0.4) is 0 Å². The zero-order valence-electron chi connectivity index (χ0n) is 22.6. The quantitative estimate of drug-likeness (QED) is 0.192. The lowest BCUT2D eigenvalue weighted by Crippen LogP contribution is -2.65. The Morgan fingerprint density at radius 1 is 1.14 bits per heavy atom. The Bertz CT molecular complexity index is 1600. The monoisotopic (exact) mass is 580 g/mol. The van der Waals surface area contributed by atoms with Crippen molar-refractivity contribution in [2.24, 2.45) is 17.6 Å². The van der Waals surface area contributed by atoms with Gasteiger partial charge in [0.05, 0.1) is 23.8 Å². The highest BCUT2D eigenvalue weighted by molar-refractivity contribution is 6.24. The number of halogens is 1. The number of aromatic hydroxyl groups is 1. The number of fused-ring (bicyclic) bond motifs is 3. The number of phenols is 1. The first-order valence-electron chi connectivity index (χ1n) is 13.1. The number of nitrogens with one attached hydrogen (secondary N) is 2. The number of Topliss-reactive ketones (excluding diaryl/α,β-unsaturated/α-hetero) is 2. The standard InChI is InChI=1S/C29H29FN4O8/c1-34(2)22-15-9-12-8-14-16(30)10-17(33-18(35)11-32-13-6-4-3-5-7-13)23(36)20(14)24(37)19(12)26(39)29(15,42)27(40)21(25(22)38)28(31)41/h3-7,10,12,15,22,32,36-37,40,42H,8-9,11H2,1-2H3,(H2,31,41)(H,33,35)/t12-,15-,22-,29-/m0/s1. The second-order valence-corrected chi connectivity index (χ2v) is 10.8. The lowest BCUT2D eigenvalue weighted by atomic mass is 9.57. The van der Waals surface area contributed by atoms with Gasteiger partial charge in [-0.05, 0) is 45.0 Å². The lowest BCUT2D eigenvalue weighted by Gasteiger charge is -2.50. The van der Waals surface area contributed by atoms with E-state index in [0.29, 0.717) is 5.69 Å². The molecule has 8 N–H and O–H groups in total. The molecule has 220 valence electrons. The Morgan fingerprint density at radius 2 is 1.81 bits per heavy atom. The number of carbonyl (C=O) groups is 4. The van der Waals surface area contributed by atoms with E-state index in [1.54, 1.807) is 30.3 Å². The number of para-hydroxylation sites is 1. The molecule has 12 nitrogen and oxygen atoms in total. The number of benzene rings is 2. The minimum absolute atomic E-state index is 0.140. The number of nitrogens with two attached hydrogens (primary N) is 1. The number of amides is 2. The van der Waals surface area contributed by atoms with E-state index in [1.165, 1.54) is 19.0 Å². The maximum absolute atomic E-state index is 15.4. The van der Waals surface area contributed by atoms with Crippen LogP contribution in [-0.4, -0.2) is 81.0 Å². The molecule has 0 aromatic heterocycles. The van der Waals surface area contributed by atoms with Gasteiger partial charge < -0.3 is 36.8 Å². The summed E-state index contributed by atoms with van der Waals surface area (Å²) < 4.78 is 15.4. The largest absolute Gasteiger partial charge is 0.508 e. The van der Waals surface area contributed by atoms with Crippen LogP contribution in [0.4, 0.5) is 15.8 Å². The molecule has 0 saturated heterocycles. The summed E-state index contributed by atoms with van der Waals surface area (Å²) in [6.45, 7) is -0.232. The van der Waals surface area contributed by atoms with Gasteiger partial charge in [-0.1, -0.05) is 18.2 Å². The fourth-order valence-corrected chi connectivity index (χ4v) is 6.29. The van der Waals surface area contributed by atoms with E-state index < -0.39 is 86.7 Å². The highest BCUT2D eigenvalue weighted by atomic mass is 19.1. The molecule has 0 aliphatic heterocycles. The van der Waals surface area contributed by atoms with Gasteiger partial charge in [0.25, 0.3) is 5.91 Å². The van der Waals surface area contributed by atoms with Crippen LogP contribution in [0.1, 0.15) is 17.5 Å². The Labute approximate surface area is 238 Å². The summed E-state index contributed by atoms with van der Waals surface area (Å²) in [5.41, 5.74) is 0.820. The summed E-state index contributed by atoms with van der Waals surface area (Å²) in [7, 11) is 2.96. The number of nitrogens with zero attached hydrogens (tertiary/aromatic N) is 1. The molecule has 2 aromatic rings. The summed E-state index contributed by atoms with van der Waals surface area (Å²) in [6, 6.07) is 8.42. The number of carbonyl (C=O) groups excluding carboxylic acids is 4.